The van der Waals surface area contributed by atoms with Crippen LogP contribution in [0.2, 0.25) is 0 Å². The molecule has 29 heavy (non-hydrogen) atoms. The van der Waals surface area contributed by atoms with Crippen molar-refractivity contribution >= 4 is 0 Å². The normalized spacial score (nSPS) is 11.2. The Morgan fingerprint density at radius 2 is 1.52 bits per heavy atom. The van der Waals surface area contributed by atoms with Gasteiger partial charge >= 0.3 is 0 Å². The molecule has 0 aliphatic heterocycles. The zero-order valence-corrected chi connectivity index (χ0v) is 18.4. The first-order valence-corrected chi connectivity index (χ1v) is 11.5. The van der Waals surface area contributed by atoms with Crippen LogP contribution >= 0.6 is 0 Å². The maximum atomic E-state index is 5.84. The zero-order chi connectivity index (χ0) is 20.6. The third-order valence-corrected chi connectivity index (χ3v) is 5.07. The molecular weight excluding hydrogens is 356 g/mol. The van der Waals surface area contributed by atoms with E-state index in [2.05, 4.69) is 36.0 Å². The Hall–Kier alpha value is -2.16. The van der Waals surface area contributed by atoms with E-state index in [-0.39, 0.29) is 0 Å². The molecule has 1 aromatic carbocycles. The lowest BCUT2D eigenvalue weighted by atomic mass is 10.1. The summed E-state index contributed by atoms with van der Waals surface area (Å²) in [4.78, 5) is 9.12. The van der Waals surface area contributed by atoms with Crippen LogP contribution in [0.5, 0.6) is 5.75 Å². The van der Waals surface area contributed by atoms with Crippen molar-refractivity contribution in [3.05, 3.63) is 54.4 Å². The molecule has 0 saturated carbocycles. The van der Waals surface area contributed by atoms with E-state index in [0.29, 0.717) is 0 Å². The lowest BCUT2D eigenvalue weighted by molar-refractivity contribution is 0.307. The van der Waals surface area contributed by atoms with Gasteiger partial charge in [0.25, 0.3) is 0 Å². The number of ether oxygens (including phenoxy) is 1. The van der Waals surface area contributed by atoms with Crippen molar-refractivity contribution in [1.29, 1.82) is 0 Å². The summed E-state index contributed by atoms with van der Waals surface area (Å²) in [5.41, 5.74) is 2.27. The first kappa shape index (κ1) is 23.1. The van der Waals surface area contributed by atoms with Gasteiger partial charge in [0.15, 0.2) is 5.82 Å². The van der Waals surface area contributed by atoms with Gasteiger partial charge < -0.3 is 4.74 Å². The van der Waals surface area contributed by atoms with Crippen LogP contribution in [0.15, 0.2) is 48.8 Å². The highest BCUT2D eigenvalue weighted by molar-refractivity contribution is 5.55. The number of unbranched alkanes of at least 4 members (excludes halogenated alkanes) is 7. The fraction of sp³-hybridized carbons (Fsp3) is 0.538. The van der Waals surface area contributed by atoms with Gasteiger partial charge in [-0.1, -0.05) is 58.1 Å². The number of hydrogen-bond donors (Lipinski definition) is 0. The van der Waals surface area contributed by atoms with Gasteiger partial charge in [-0.15, -0.1) is 0 Å². The molecule has 0 amide bonds. The third-order valence-electron chi connectivity index (χ3n) is 5.07. The zero-order valence-electron chi connectivity index (χ0n) is 18.4. The summed E-state index contributed by atoms with van der Waals surface area (Å²) in [6.07, 6.45) is 21.9. The van der Waals surface area contributed by atoms with Crippen LogP contribution < -0.4 is 4.74 Å². The van der Waals surface area contributed by atoms with Gasteiger partial charge in [0.2, 0.25) is 0 Å². The number of nitrogens with zero attached hydrogens (tertiary/aromatic N) is 2. The Bertz CT molecular complexity index is 677. The van der Waals surface area contributed by atoms with Crippen molar-refractivity contribution in [3.8, 4) is 17.1 Å². The number of hydrogen-bond acceptors (Lipinski definition) is 3. The van der Waals surface area contributed by atoms with Crippen molar-refractivity contribution in [2.24, 2.45) is 0 Å². The Morgan fingerprint density at radius 1 is 0.793 bits per heavy atom. The standard InChI is InChI=1S/C26H38N2O/c1-3-5-7-9-11-13-15-23-21-27-26(28-22-23)24-16-18-25(19-17-24)29-20-14-12-10-8-6-4-2/h6,8,16-19,21-22H,3-5,7,9-15,20H2,1-2H3/b8-6-. The Kier molecular flexibility index (Phi) is 11.8. The van der Waals surface area contributed by atoms with E-state index in [4.69, 9.17) is 4.74 Å². The summed E-state index contributed by atoms with van der Waals surface area (Å²) in [6, 6.07) is 8.11. The molecule has 1 heterocycles. The molecule has 0 saturated heterocycles. The molecule has 0 bridgehead atoms. The molecule has 3 nitrogen and oxygen atoms in total. The molecule has 0 fully saturated rings. The molecule has 3 heteroatoms. The summed E-state index contributed by atoms with van der Waals surface area (Å²) >= 11 is 0. The second-order valence-corrected chi connectivity index (χ2v) is 7.68. The van der Waals surface area contributed by atoms with Crippen molar-refractivity contribution in [2.45, 2.75) is 84.5 Å². The van der Waals surface area contributed by atoms with E-state index in [0.717, 1.165) is 49.4 Å². The predicted molar refractivity (Wildman–Crippen MR) is 123 cm³/mol. The van der Waals surface area contributed by atoms with Crippen LogP contribution in [0, 0.1) is 0 Å². The van der Waals surface area contributed by atoms with E-state index in [1.54, 1.807) is 0 Å². The number of benzene rings is 1. The van der Waals surface area contributed by atoms with Gasteiger partial charge in [0.05, 0.1) is 6.61 Å². The van der Waals surface area contributed by atoms with E-state index < -0.39 is 0 Å². The van der Waals surface area contributed by atoms with Gasteiger partial charge in [0, 0.05) is 18.0 Å². The van der Waals surface area contributed by atoms with Crippen molar-refractivity contribution in [3.63, 3.8) is 0 Å². The average Bonchev–Trinajstić information content (AvgIpc) is 2.76. The smallest absolute Gasteiger partial charge is 0.159 e. The Morgan fingerprint density at radius 3 is 2.24 bits per heavy atom. The van der Waals surface area contributed by atoms with Crippen LogP contribution in [0.1, 0.15) is 83.6 Å². The largest absolute Gasteiger partial charge is 0.494 e. The highest BCUT2D eigenvalue weighted by atomic mass is 16.5. The number of aromatic nitrogens is 2. The van der Waals surface area contributed by atoms with Crippen molar-refractivity contribution in [1.82, 2.24) is 9.97 Å². The van der Waals surface area contributed by atoms with Gasteiger partial charge in [-0.3, -0.25) is 0 Å². The van der Waals surface area contributed by atoms with Gasteiger partial charge in [0.1, 0.15) is 5.75 Å². The Balaban J connectivity index is 1.70. The number of allylic oxidation sites excluding steroid dienone is 2. The van der Waals surface area contributed by atoms with E-state index in [1.807, 2.05) is 36.7 Å². The first-order chi connectivity index (χ1) is 14.3. The van der Waals surface area contributed by atoms with Crippen LogP contribution in [-0.4, -0.2) is 16.6 Å². The molecule has 1 aromatic heterocycles. The van der Waals surface area contributed by atoms with E-state index >= 15 is 0 Å². The summed E-state index contributed by atoms with van der Waals surface area (Å²) in [5, 5.41) is 0. The first-order valence-electron chi connectivity index (χ1n) is 11.5. The number of rotatable bonds is 15. The summed E-state index contributed by atoms with van der Waals surface area (Å²) in [6.45, 7) is 5.19. The van der Waals surface area contributed by atoms with E-state index in [1.165, 1.54) is 50.5 Å². The minimum absolute atomic E-state index is 0.767. The molecule has 0 spiro atoms. The molecular formula is C26H38N2O. The summed E-state index contributed by atoms with van der Waals surface area (Å²) in [5.74, 6) is 1.70. The maximum absolute atomic E-state index is 5.84. The van der Waals surface area contributed by atoms with Crippen molar-refractivity contribution < 1.29 is 4.74 Å². The Labute approximate surface area is 177 Å². The summed E-state index contributed by atoms with van der Waals surface area (Å²) in [7, 11) is 0. The van der Waals surface area contributed by atoms with Crippen molar-refractivity contribution in [2.75, 3.05) is 6.61 Å². The fourth-order valence-corrected chi connectivity index (χ4v) is 3.28. The summed E-state index contributed by atoms with van der Waals surface area (Å²) < 4.78 is 5.84. The maximum Gasteiger partial charge on any atom is 0.159 e. The van der Waals surface area contributed by atoms with Gasteiger partial charge in [-0.25, -0.2) is 9.97 Å². The fourth-order valence-electron chi connectivity index (χ4n) is 3.28. The molecule has 0 atom stereocenters. The second-order valence-electron chi connectivity index (χ2n) is 7.68. The van der Waals surface area contributed by atoms with Gasteiger partial charge in [-0.2, -0.15) is 0 Å². The monoisotopic (exact) mass is 394 g/mol. The van der Waals surface area contributed by atoms with E-state index in [9.17, 15) is 0 Å². The quantitative estimate of drug-likeness (QED) is 0.231. The lowest BCUT2D eigenvalue weighted by Gasteiger charge is -2.07. The highest BCUT2D eigenvalue weighted by Crippen LogP contribution is 2.20. The molecule has 0 unspecified atom stereocenters. The topological polar surface area (TPSA) is 35.0 Å². The lowest BCUT2D eigenvalue weighted by Crippen LogP contribution is -1.97. The van der Waals surface area contributed by atoms with Crippen LogP contribution in [-0.2, 0) is 6.42 Å². The van der Waals surface area contributed by atoms with Crippen LogP contribution in [0.4, 0.5) is 0 Å². The minimum Gasteiger partial charge on any atom is -0.494 e. The molecule has 2 rings (SSSR count). The second kappa shape index (κ2) is 14.8. The SMILES string of the molecule is CC/C=C\CCCCOc1ccc(-c2ncc(CCCCCCCC)cn2)cc1. The molecule has 0 aliphatic rings. The number of aryl methyl sites for hydroxylation is 1. The predicted octanol–water partition coefficient (Wildman–Crippen LogP) is 7.56. The third kappa shape index (κ3) is 9.74. The van der Waals surface area contributed by atoms with Gasteiger partial charge in [-0.05, 0) is 68.4 Å². The van der Waals surface area contributed by atoms with Crippen LogP contribution in [0.3, 0.4) is 0 Å². The van der Waals surface area contributed by atoms with Crippen LogP contribution in [0.25, 0.3) is 11.4 Å². The molecule has 0 radical (unpaired) electrons. The highest BCUT2D eigenvalue weighted by Gasteiger charge is 2.03. The molecule has 0 aliphatic carbocycles. The molecule has 0 N–H and O–H groups in total. The minimum atomic E-state index is 0.767. The molecule has 2 aromatic rings. The molecule has 158 valence electrons. The average molecular weight is 395 g/mol.